The molecule has 1 unspecified atom stereocenters. The number of amides is 2. The molecule has 2 amide bonds. The van der Waals surface area contributed by atoms with Crippen molar-refractivity contribution in [3.8, 4) is 11.3 Å². The Hall–Kier alpha value is -2.67. The average Bonchev–Trinajstić information content (AvgIpc) is 3.34. The summed E-state index contributed by atoms with van der Waals surface area (Å²) in [6.07, 6.45) is 2.34. The van der Waals surface area contributed by atoms with Gasteiger partial charge in [-0.2, -0.15) is 0 Å². The standard InChI is InChI=1S/C20H25N3O4/c1-13-5-6-15(10-14(13)2)18-11-17(23-27-18)20(25)21-8-7-19(24)22-12-16-4-3-9-26-16/h5-6,10-11,16H,3-4,7-9,12H2,1-2H3,(H,21,25)(H,22,24). The van der Waals surface area contributed by atoms with Crippen LogP contribution in [0.4, 0.5) is 0 Å². The van der Waals surface area contributed by atoms with Crippen molar-refractivity contribution in [1.29, 1.82) is 0 Å². The molecule has 1 aliphatic heterocycles. The number of nitrogens with zero attached hydrogens (tertiary/aromatic N) is 1. The van der Waals surface area contributed by atoms with E-state index in [0.717, 1.165) is 30.6 Å². The lowest BCUT2D eigenvalue weighted by molar-refractivity contribution is -0.121. The molecule has 0 bridgehead atoms. The van der Waals surface area contributed by atoms with Gasteiger partial charge in [-0.1, -0.05) is 17.3 Å². The minimum atomic E-state index is -0.360. The van der Waals surface area contributed by atoms with Crippen LogP contribution in [0.5, 0.6) is 0 Å². The molecule has 1 fully saturated rings. The van der Waals surface area contributed by atoms with E-state index >= 15 is 0 Å². The fraction of sp³-hybridized carbons (Fsp3) is 0.450. The summed E-state index contributed by atoms with van der Waals surface area (Å²) < 4.78 is 10.7. The Kier molecular flexibility index (Phi) is 6.24. The third kappa shape index (κ3) is 5.17. The van der Waals surface area contributed by atoms with Crippen LogP contribution in [0, 0.1) is 13.8 Å². The van der Waals surface area contributed by atoms with Crippen LogP contribution in [0.15, 0.2) is 28.8 Å². The molecule has 144 valence electrons. The van der Waals surface area contributed by atoms with Gasteiger partial charge in [0.1, 0.15) is 0 Å². The fourth-order valence-corrected chi connectivity index (χ4v) is 2.91. The molecule has 1 aromatic heterocycles. The molecule has 7 heteroatoms. The second-order valence-electron chi connectivity index (χ2n) is 6.82. The molecule has 1 saturated heterocycles. The Balaban J connectivity index is 1.45. The van der Waals surface area contributed by atoms with E-state index < -0.39 is 0 Å². The van der Waals surface area contributed by atoms with Gasteiger partial charge in [-0.3, -0.25) is 9.59 Å². The third-order valence-electron chi connectivity index (χ3n) is 4.72. The monoisotopic (exact) mass is 371 g/mol. The minimum Gasteiger partial charge on any atom is -0.376 e. The molecule has 1 atom stereocenters. The van der Waals surface area contributed by atoms with Gasteiger partial charge in [0.15, 0.2) is 11.5 Å². The van der Waals surface area contributed by atoms with E-state index in [1.165, 1.54) is 5.56 Å². The first-order valence-electron chi connectivity index (χ1n) is 9.24. The zero-order chi connectivity index (χ0) is 19.2. The number of hydrogen-bond acceptors (Lipinski definition) is 5. The molecule has 7 nitrogen and oxygen atoms in total. The Morgan fingerprint density at radius 2 is 2.04 bits per heavy atom. The van der Waals surface area contributed by atoms with Gasteiger partial charge in [-0.15, -0.1) is 0 Å². The lowest BCUT2D eigenvalue weighted by Crippen LogP contribution is -2.34. The maximum Gasteiger partial charge on any atom is 0.273 e. The third-order valence-corrected chi connectivity index (χ3v) is 4.72. The molecule has 1 aliphatic rings. The number of carbonyl (C=O) groups is 2. The summed E-state index contributed by atoms with van der Waals surface area (Å²) >= 11 is 0. The summed E-state index contributed by atoms with van der Waals surface area (Å²) in [5, 5.41) is 9.34. The highest BCUT2D eigenvalue weighted by atomic mass is 16.5. The van der Waals surface area contributed by atoms with Crippen LogP contribution in [0.25, 0.3) is 11.3 Å². The smallest absolute Gasteiger partial charge is 0.273 e. The maximum atomic E-state index is 12.2. The van der Waals surface area contributed by atoms with Crippen molar-refractivity contribution >= 4 is 11.8 Å². The van der Waals surface area contributed by atoms with E-state index in [0.29, 0.717) is 12.3 Å². The molecular weight excluding hydrogens is 346 g/mol. The van der Waals surface area contributed by atoms with E-state index in [2.05, 4.69) is 15.8 Å². The van der Waals surface area contributed by atoms with Crippen LogP contribution in [-0.2, 0) is 9.53 Å². The first kappa shape index (κ1) is 19.1. The second kappa shape index (κ2) is 8.81. The minimum absolute atomic E-state index is 0.109. The van der Waals surface area contributed by atoms with Crippen molar-refractivity contribution in [2.45, 2.75) is 39.2 Å². The number of rotatable bonds is 7. The fourth-order valence-electron chi connectivity index (χ4n) is 2.91. The van der Waals surface area contributed by atoms with Gasteiger partial charge in [0.2, 0.25) is 5.91 Å². The van der Waals surface area contributed by atoms with Gasteiger partial charge >= 0.3 is 0 Å². The Morgan fingerprint density at radius 1 is 1.19 bits per heavy atom. The number of aryl methyl sites for hydroxylation is 2. The van der Waals surface area contributed by atoms with Crippen molar-refractivity contribution in [1.82, 2.24) is 15.8 Å². The van der Waals surface area contributed by atoms with E-state index in [4.69, 9.17) is 9.26 Å². The van der Waals surface area contributed by atoms with Crippen molar-refractivity contribution in [2.24, 2.45) is 0 Å². The van der Waals surface area contributed by atoms with Crippen molar-refractivity contribution in [3.05, 3.63) is 41.1 Å². The van der Waals surface area contributed by atoms with Crippen LogP contribution >= 0.6 is 0 Å². The first-order chi connectivity index (χ1) is 13.0. The SMILES string of the molecule is Cc1ccc(-c2cc(C(=O)NCCC(=O)NCC3CCCO3)no2)cc1C. The van der Waals surface area contributed by atoms with E-state index in [1.54, 1.807) is 6.07 Å². The molecule has 3 rings (SSSR count). The average molecular weight is 371 g/mol. The molecule has 1 aromatic carbocycles. The molecule has 2 heterocycles. The molecule has 2 aromatic rings. The summed E-state index contributed by atoms with van der Waals surface area (Å²) in [5.41, 5.74) is 3.40. The van der Waals surface area contributed by atoms with Crippen molar-refractivity contribution in [2.75, 3.05) is 19.7 Å². The maximum absolute atomic E-state index is 12.2. The summed E-state index contributed by atoms with van der Waals surface area (Å²) in [7, 11) is 0. The molecule has 0 aliphatic carbocycles. The van der Waals surface area contributed by atoms with Gasteiger partial charge in [0.05, 0.1) is 6.10 Å². The number of carbonyl (C=O) groups excluding carboxylic acids is 2. The van der Waals surface area contributed by atoms with Crippen LogP contribution in [0.2, 0.25) is 0 Å². The van der Waals surface area contributed by atoms with Gasteiger partial charge in [-0.25, -0.2) is 0 Å². The highest BCUT2D eigenvalue weighted by Crippen LogP contribution is 2.23. The predicted octanol–water partition coefficient (Wildman–Crippen LogP) is 2.37. The van der Waals surface area contributed by atoms with Crippen molar-refractivity contribution < 1.29 is 18.8 Å². The second-order valence-corrected chi connectivity index (χ2v) is 6.82. The molecule has 0 radical (unpaired) electrons. The van der Waals surface area contributed by atoms with E-state index in [9.17, 15) is 9.59 Å². The van der Waals surface area contributed by atoms with Gasteiger partial charge in [0.25, 0.3) is 5.91 Å². The van der Waals surface area contributed by atoms with E-state index in [1.807, 2.05) is 32.0 Å². The highest BCUT2D eigenvalue weighted by Gasteiger charge is 2.17. The number of benzene rings is 1. The topological polar surface area (TPSA) is 93.5 Å². The number of ether oxygens (including phenoxy) is 1. The van der Waals surface area contributed by atoms with E-state index in [-0.39, 0.29) is 36.6 Å². The predicted molar refractivity (Wildman–Crippen MR) is 100 cm³/mol. The molecular formula is C20H25N3O4. The number of hydrogen-bond donors (Lipinski definition) is 2. The lowest BCUT2D eigenvalue weighted by atomic mass is 10.0. The van der Waals surface area contributed by atoms with Crippen LogP contribution in [0.1, 0.15) is 40.9 Å². The summed E-state index contributed by atoms with van der Waals surface area (Å²) in [6.45, 7) is 5.58. The first-order valence-corrected chi connectivity index (χ1v) is 9.24. The largest absolute Gasteiger partial charge is 0.376 e. The summed E-state index contributed by atoms with van der Waals surface area (Å²) in [6, 6.07) is 7.54. The van der Waals surface area contributed by atoms with Crippen molar-refractivity contribution in [3.63, 3.8) is 0 Å². The van der Waals surface area contributed by atoms with Crippen LogP contribution < -0.4 is 10.6 Å². The van der Waals surface area contributed by atoms with Gasteiger partial charge in [0, 0.05) is 37.7 Å². The van der Waals surface area contributed by atoms with Crippen LogP contribution in [-0.4, -0.2) is 42.8 Å². The number of nitrogens with one attached hydrogen (secondary N) is 2. The Morgan fingerprint density at radius 3 is 2.78 bits per heavy atom. The Bertz CT molecular complexity index is 809. The zero-order valence-electron chi connectivity index (χ0n) is 15.7. The molecule has 2 N–H and O–H groups in total. The molecule has 0 spiro atoms. The van der Waals surface area contributed by atoms with Crippen LogP contribution in [0.3, 0.4) is 0 Å². The highest BCUT2D eigenvalue weighted by molar-refractivity contribution is 5.93. The molecule has 0 saturated carbocycles. The quantitative estimate of drug-likeness (QED) is 0.779. The molecule has 27 heavy (non-hydrogen) atoms. The lowest BCUT2D eigenvalue weighted by Gasteiger charge is -2.10. The summed E-state index contributed by atoms with van der Waals surface area (Å²) in [4.78, 5) is 24.0. The Labute approximate surface area is 158 Å². The van der Waals surface area contributed by atoms with Gasteiger partial charge < -0.3 is 19.9 Å². The normalized spacial score (nSPS) is 16.3. The number of aromatic nitrogens is 1. The van der Waals surface area contributed by atoms with Gasteiger partial charge in [-0.05, 0) is 43.9 Å². The zero-order valence-corrected chi connectivity index (χ0v) is 15.7. The summed E-state index contributed by atoms with van der Waals surface area (Å²) in [5.74, 6) is 0.0695.